The monoisotopic (exact) mass is 243 g/mol. The highest BCUT2D eigenvalue weighted by molar-refractivity contribution is 6.31. The maximum Gasteiger partial charge on any atom is 0.0903 e. The third kappa shape index (κ3) is 2.24. The molecule has 0 radical (unpaired) electrons. The van der Waals surface area contributed by atoms with Gasteiger partial charge in [0.2, 0.25) is 0 Å². The number of hydrogen-bond acceptors (Lipinski definition) is 3. The first kappa shape index (κ1) is 11.9. The third-order valence-corrected chi connectivity index (χ3v) is 3.73. The van der Waals surface area contributed by atoms with Crippen LogP contribution in [0.1, 0.15) is 24.2 Å². The zero-order valence-electron chi connectivity index (χ0n) is 9.74. The first-order chi connectivity index (χ1) is 7.61. The molecule has 0 amide bonds. The summed E-state index contributed by atoms with van der Waals surface area (Å²) in [6.07, 6.45) is 2.50. The molecule has 1 saturated carbocycles. The van der Waals surface area contributed by atoms with Crippen LogP contribution in [0.15, 0.2) is 0 Å². The van der Waals surface area contributed by atoms with E-state index in [1.807, 2.05) is 14.0 Å². The fourth-order valence-corrected chi connectivity index (χ4v) is 2.25. The van der Waals surface area contributed by atoms with E-state index in [0.29, 0.717) is 18.6 Å². The molecule has 0 saturated heterocycles. The van der Waals surface area contributed by atoms with Crippen molar-refractivity contribution in [1.29, 1.82) is 0 Å². The normalized spacial score (nSPS) is 24.5. The Kier molecular flexibility index (Phi) is 3.52. The van der Waals surface area contributed by atoms with Gasteiger partial charge in [0.15, 0.2) is 0 Å². The van der Waals surface area contributed by atoms with E-state index in [1.165, 1.54) is 0 Å². The van der Waals surface area contributed by atoms with Gasteiger partial charge in [-0.25, -0.2) is 0 Å². The van der Waals surface area contributed by atoms with Gasteiger partial charge >= 0.3 is 0 Å². The first-order valence-electron chi connectivity index (χ1n) is 5.61. The van der Waals surface area contributed by atoms with Crippen LogP contribution in [0.5, 0.6) is 0 Å². The van der Waals surface area contributed by atoms with E-state index in [-0.39, 0.29) is 0 Å². The molecule has 0 aliphatic heterocycles. The van der Waals surface area contributed by atoms with Crippen LogP contribution in [0.25, 0.3) is 0 Å². The van der Waals surface area contributed by atoms with Crippen molar-refractivity contribution in [3.8, 4) is 0 Å². The van der Waals surface area contributed by atoms with Gasteiger partial charge in [0.25, 0.3) is 0 Å². The van der Waals surface area contributed by atoms with Crippen molar-refractivity contribution in [2.75, 3.05) is 6.54 Å². The van der Waals surface area contributed by atoms with Crippen molar-refractivity contribution in [2.45, 2.75) is 32.5 Å². The van der Waals surface area contributed by atoms with Crippen LogP contribution in [0.3, 0.4) is 0 Å². The van der Waals surface area contributed by atoms with Gasteiger partial charge in [0.05, 0.1) is 29.1 Å². The van der Waals surface area contributed by atoms with E-state index in [4.69, 9.17) is 22.1 Å². The van der Waals surface area contributed by atoms with Crippen LogP contribution in [0.2, 0.25) is 5.02 Å². The summed E-state index contributed by atoms with van der Waals surface area (Å²) in [7, 11) is 1.89. The standard InChI is InChI=1S/C11H18ClN3O/c1-7-11(12)10(15(2)14-7)6-16-9-3-8(4-9)5-13/h8-9H,3-6,13H2,1-2H3. The summed E-state index contributed by atoms with van der Waals surface area (Å²) < 4.78 is 7.56. The Morgan fingerprint density at radius 3 is 2.75 bits per heavy atom. The van der Waals surface area contributed by atoms with Gasteiger partial charge < -0.3 is 10.5 Å². The van der Waals surface area contributed by atoms with Gasteiger partial charge in [0, 0.05) is 7.05 Å². The molecule has 0 aromatic carbocycles. The molecule has 0 atom stereocenters. The van der Waals surface area contributed by atoms with E-state index in [2.05, 4.69) is 5.10 Å². The minimum atomic E-state index is 0.347. The Morgan fingerprint density at radius 2 is 2.25 bits per heavy atom. The molecule has 1 heterocycles. The number of halogens is 1. The van der Waals surface area contributed by atoms with Crippen LogP contribution in [0.4, 0.5) is 0 Å². The second-order valence-corrected chi connectivity index (χ2v) is 4.85. The highest BCUT2D eigenvalue weighted by Gasteiger charge is 2.29. The first-order valence-corrected chi connectivity index (χ1v) is 5.99. The summed E-state index contributed by atoms with van der Waals surface area (Å²) in [4.78, 5) is 0. The Hall–Kier alpha value is -0.580. The molecule has 5 heteroatoms. The number of aromatic nitrogens is 2. The maximum absolute atomic E-state index is 6.13. The molecule has 2 rings (SSSR count). The fraction of sp³-hybridized carbons (Fsp3) is 0.727. The van der Waals surface area contributed by atoms with Crippen molar-refractivity contribution in [3.05, 3.63) is 16.4 Å². The highest BCUT2D eigenvalue weighted by Crippen LogP contribution is 2.30. The molecule has 1 aromatic rings. The van der Waals surface area contributed by atoms with Crippen LogP contribution in [-0.2, 0) is 18.4 Å². The molecular formula is C11H18ClN3O. The number of nitrogens with two attached hydrogens (primary N) is 1. The Balaban J connectivity index is 1.86. The van der Waals surface area contributed by atoms with Crippen molar-refractivity contribution in [3.63, 3.8) is 0 Å². The molecule has 1 fully saturated rings. The topological polar surface area (TPSA) is 53.1 Å². The number of ether oxygens (including phenoxy) is 1. The Labute approximate surface area is 101 Å². The van der Waals surface area contributed by atoms with Crippen molar-refractivity contribution >= 4 is 11.6 Å². The summed E-state index contributed by atoms with van der Waals surface area (Å²) in [6.45, 7) is 3.21. The molecule has 2 N–H and O–H groups in total. The van der Waals surface area contributed by atoms with E-state index in [1.54, 1.807) is 4.68 Å². The second-order valence-electron chi connectivity index (χ2n) is 4.48. The van der Waals surface area contributed by atoms with Gasteiger partial charge in [-0.2, -0.15) is 5.10 Å². The van der Waals surface area contributed by atoms with Gasteiger partial charge in [-0.15, -0.1) is 0 Å². The van der Waals surface area contributed by atoms with Crippen molar-refractivity contribution < 1.29 is 4.74 Å². The molecule has 0 spiro atoms. The quantitative estimate of drug-likeness (QED) is 0.875. The summed E-state index contributed by atoms with van der Waals surface area (Å²) >= 11 is 6.13. The molecule has 90 valence electrons. The van der Waals surface area contributed by atoms with Gasteiger partial charge in [-0.05, 0) is 32.2 Å². The van der Waals surface area contributed by atoms with E-state index in [0.717, 1.165) is 35.8 Å². The number of hydrogen-bond donors (Lipinski definition) is 1. The molecule has 0 bridgehead atoms. The van der Waals surface area contributed by atoms with Gasteiger partial charge in [0.1, 0.15) is 0 Å². The van der Waals surface area contributed by atoms with Crippen LogP contribution >= 0.6 is 11.6 Å². The predicted molar refractivity (Wildman–Crippen MR) is 63.3 cm³/mol. The number of nitrogens with zero attached hydrogens (tertiary/aromatic N) is 2. The summed E-state index contributed by atoms with van der Waals surface area (Å²) in [5.74, 6) is 0.647. The molecule has 1 aliphatic rings. The number of aryl methyl sites for hydroxylation is 2. The molecule has 4 nitrogen and oxygen atoms in total. The van der Waals surface area contributed by atoms with Crippen molar-refractivity contribution in [1.82, 2.24) is 9.78 Å². The molecule has 0 unspecified atom stereocenters. The predicted octanol–water partition coefficient (Wildman–Crippen LogP) is 1.64. The van der Waals surface area contributed by atoms with Crippen LogP contribution in [-0.4, -0.2) is 22.4 Å². The summed E-state index contributed by atoms with van der Waals surface area (Å²) in [6, 6.07) is 0. The van der Waals surface area contributed by atoms with E-state index in [9.17, 15) is 0 Å². The maximum atomic E-state index is 6.13. The highest BCUT2D eigenvalue weighted by atomic mass is 35.5. The average molecular weight is 244 g/mol. The average Bonchev–Trinajstić information content (AvgIpc) is 2.42. The number of rotatable bonds is 4. The Bertz CT molecular complexity index is 372. The lowest BCUT2D eigenvalue weighted by atomic mass is 9.82. The molecule has 1 aromatic heterocycles. The van der Waals surface area contributed by atoms with Crippen LogP contribution < -0.4 is 5.73 Å². The lowest BCUT2D eigenvalue weighted by Crippen LogP contribution is -2.35. The SMILES string of the molecule is Cc1nn(C)c(COC2CC(CN)C2)c1Cl. The zero-order valence-corrected chi connectivity index (χ0v) is 10.5. The van der Waals surface area contributed by atoms with E-state index >= 15 is 0 Å². The van der Waals surface area contributed by atoms with Gasteiger partial charge in [-0.1, -0.05) is 11.6 Å². The van der Waals surface area contributed by atoms with Crippen LogP contribution in [0, 0.1) is 12.8 Å². The minimum absolute atomic E-state index is 0.347. The van der Waals surface area contributed by atoms with Gasteiger partial charge in [-0.3, -0.25) is 4.68 Å². The molecule has 16 heavy (non-hydrogen) atoms. The summed E-state index contributed by atoms with van der Waals surface area (Å²) in [5.41, 5.74) is 7.38. The fourth-order valence-electron chi connectivity index (χ4n) is 2.04. The van der Waals surface area contributed by atoms with Crippen molar-refractivity contribution in [2.24, 2.45) is 18.7 Å². The minimum Gasteiger partial charge on any atom is -0.372 e. The Morgan fingerprint density at radius 1 is 1.56 bits per heavy atom. The van der Waals surface area contributed by atoms with E-state index < -0.39 is 0 Å². The lowest BCUT2D eigenvalue weighted by molar-refractivity contribution is -0.0396. The largest absolute Gasteiger partial charge is 0.372 e. The molecular weight excluding hydrogens is 226 g/mol. The third-order valence-electron chi connectivity index (χ3n) is 3.24. The zero-order chi connectivity index (χ0) is 11.7. The summed E-state index contributed by atoms with van der Waals surface area (Å²) in [5, 5.41) is 4.97. The molecule has 1 aliphatic carbocycles. The lowest BCUT2D eigenvalue weighted by Gasteiger charge is -2.34. The smallest absolute Gasteiger partial charge is 0.0903 e. The second kappa shape index (κ2) is 4.73.